The van der Waals surface area contributed by atoms with Crippen LogP contribution < -0.4 is 10.8 Å². The Bertz CT molecular complexity index is 429. The molecule has 2 heterocycles. The third kappa shape index (κ3) is 2.45. The zero-order chi connectivity index (χ0) is 13.0. The molecule has 0 saturated carbocycles. The summed E-state index contributed by atoms with van der Waals surface area (Å²) < 4.78 is 10.1. The number of carbonyl (C=O) groups is 1. The average Bonchev–Trinajstić information content (AvgIpc) is 2.87. The number of furan rings is 1. The number of nitrogens with one attached hydrogen (secondary N) is 2. The van der Waals surface area contributed by atoms with E-state index in [0.717, 1.165) is 5.56 Å². The minimum atomic E-state index is -0.558. The first kappa shape index (κ1) is 12.8. The molecule has 1 aromatic heterocycles. The summed E-state index contributed by atoms with van der Waals surface area (Å²) in [6.45, 7) is 4.52. The lowest BCUT2D eigenvalue weighted by atomic mass is 9.99. The number of ether oxygens (including phenoxy) is 1. The molecule has 2 N–H and O–H groups in total. The van der Waals surface area contributed by atoms with E-state index in [1.54, 1.807) is 12.3 Å². The Morgan fingerprint density at radius 3 is 3.33 bits per heavy atom. The molecule has 1 aliphatic rings. The van der Waals surface area contributed by atoms with Crippen molar-refractivity contribution in [2.45, 2.75) is 12.1 Å². The van der Waals surface area contributed by atoms with E-state index >= 15 is 0 Å². The van der Waals surface area contributed by atoms with Gasteiger partial charge in [0.1, 0.15) is 5.76 Å². The second-order valence-corrected chi connectivity index (χ2v) is 3.87. The van der Waals surface area contributed by atoms with Gasteiger partial charge < -0.3 is 9.15 Å². The molecule has 0 spiro atoms. The van der Waals surface area contributed by atoms with Crippen LogP contribution in [0.5, 0.6) is 0 Å². The van der Waals surface area contributed by atoms with Gasteiger partial charge in [-0.3, -0.25) is 10.2 Å². The molecule has 0 fully saturated rings. The zero-order valence-corrected chi connectivity index (χ0v) is 10.1. The number of carbonyl (C=O) groups excluding carboxylic acids is 1. The normalized spacial score (nSPS) is 22.3. The summed E-state index contributed by atoms with van der Waals surface area (Å²) in [4.78, 5) is 16.8. The summed E-state index contributed by atoms with van der Waals surface area (Å²) in [6.07, 6.45) is 3.20. The van der Waals surface area contributed by atoms with Gasteiger partial charge in [0.25, 0.3) is 0 Å². The molecular weight excluding hydrogens is 236 g/mol. The molecule has 98 valence electrons. The lowest BCUT2D eigenvalue weighted by Gasteiger charge is -2.27. The van der Waals surface area contributed by atoms with Gasteiger partial charge >= 0.3 is 5.97 Å². The topological polar surface area (TPSA) is 72.7 Å². The maximum Gasteiger partial charge on any atom is 0.330 e. The number of hydrogen-bond acceptors (Lipinski definition) is 6. The van der Waals surface area contributed by atoms with Gasteiger partial charge in [-0.2, -0.15) is 5.48 Å². The molecule has 1 aromatic rings. The van der Waals surface area contributed by atoms with Gasteiger partial charge in [0.2, 0.25) is 0 Å². The first-order valence-electron chi connectivity index (χ1n) is 5.64. The zero-order valence-electron chi connectivity index (χ0n) is 10.1. The van der Waals surface area contributed by atoms with Crippen LogP contribution in [0.25, 0.3) is 0 Å². The molecule has 0 aliphatic carbocycles. The van der Waals surface area contributed by atoms with E-state index in [9.17, 15) is 4.79 Å². The Balaban J connectivity index is 2.11. The van der Waals surface area contributed by atoms with Crippen molar-refractivity contribution in [2.24, 2.45) is 0 Å². The fourth-order valence-corrected chi connectivity index (χ4v) is 1.91. The molecule has 0 saturated heterocycles. The van der Waals surface area contributed by atoms with Crippen molar-refractivity contribution >= 4 is 5.97 Å². The largest absolute Gasteiger partial charge is 0.468 e. The molecule has 18 heavy (non-hydrogen) atoms. The number of hydroxylamine groups is 1. The van der Waals surface area contributed by atoms with E-state index in [1.165, 1.54) is 7.11 Å². The van der Waals surface area contributed by atoms with Crippen LogP contribution in [0.1, 0.15) is 23.4 Å². The third-order valence-electron chi connectivity index (χ3n) is 2.75. The van der Waals surface area contributed by atoms with Crippen molar-refractivity contribution in [1.82, 2.24) is 10.8 Å². The number of esters is 1. The molecule has 2 atom stereocenters. The summed E-state index contributed by atoms with van der Waals surface area (Å²) in [6, 6.07) is 1.19. The highest BCUT2D eigenvalue weighted by Crippen LogP contribution is 2.30. The van der Waals surface area contributed by atoms with Crippen LogP contribution in [0.2, 0.25) is 0 Å². The second-order valence-electron chi connectivity index (χ2n) is 3.87. The third-order valence-corrected chi connectivity index (χ3v) is 2.75. The van der Waals surface area contributed by atoms with Crippen LogP contribution in [0.15, 0.2) is 29.4 Å². The van der Waals surface area contributed by atoms with Crippen molar-refractivity contribution < 1.29 is 18.8 Å². The van der Waals surface area contributed by atoms with Crippen LogP contribution in [-0.2, 0) is 14.4 Å². The molecular formula is C12H16N2O4. The van der Waals surface area contributed by atoms with Crippen molar-refractivity contribution in [3.8, 4) is 0 Å². The van der Waals surface area contributed by atoms with Crippen LogP contribution in [0, 0.1) is 0 Å². The van der Waals surface area contributed by atoms with Crippen LogP contribution in [-0.4, -0.2) is 26.2 Å². The monoisotopic (exact) mass is 252 g/mol. The van der Waals surface area contributed by atoms with Gasteiger partial charge in [-0.25, -0.2) is 4.79 Å². The maximum atomic E-state index is 11.6. The van der Waals surface area contributed by atoms with Gasteiger partial charge in [0, 0.05) is 12.1 Å². The molecule has 6 heteroatoms. The standard InChI is InChI=1S/C12H16N2O4/c1-3-5-18-14-9-7-13-10(12(15)16-2)11-8(9)4-6-17-11/h3-4,6,9-10,13-14H,1,5,7H2,2H3. The lowest BCUT2D eigenvalue weighted by Crippen LogP contribution is -2.42. The summed E-state index contributed by atoms with van der Waals surface area (Å²) in [7, 11) is 1.35. The van der Waals surface area contributed by atoms with Crippen molar-refractivity contribution in [3.05, 3.63) is 36.3 Å². The van der Waals surface area contributed by atoms with E-state index in [2.05, 4.69) is 17.4 Å². The van der Waals surface area contributed by atoms with Gasteiger partial charge in [-0.15, -0.1) is 6.58 Å². The fraction of sp³-hybridized carbons (Fsp3) is 0.417. The molecule has 0 amide bonds. The van der Waals surface area contributed by atoms with E-state index in [0.29, 0.717) is 18.9 Å². The van der Waals surface area contributed by atoms with E-state index in [1.807, 2.05) is 6.07 Å². The number of rotatable bonds is 5. The van der Waals surface area contributed by atoms with Crippen LogP contribution in [0.4, 0.5) is 0 Å². The Morgan fingerprint density at radius 1 is 1.78 bits per heavy atom. The number of methoxy groups -OCH3 is 1. The van der Waals surface area contributed by atoms with Crippen molar-refractivity contribution in [2.75, 3.05) is 20.3 Å². The first-order chi connectivity index (χ1) is 8.77. The first-order valence-corrected chi connectivity index (χ1v) is 5.64. The van der Waals surface area contributed by atoms with Crippen molar-refractivity contribution in [1.29, 1.82) is 0 Å². The van der Waals surface area contributed by atoms with Gasteiger partial charge in [0.05, 0.1) is 26.0 Å². The van der Waals surface area contributed by atoms with Crippen molar-refractivity contribution in [3.63, 3.8) is 0 Å². The number of hydrogen-bond donors (Lipinski definition) is 2. The maximum absolute atomic E-state index is 11.6. The highest BCUT2D eigenvalue weighted by Gasteiger charge is 2.34. The van der Waals surface area contributed by atoms with Crippen LogP contribution >= 0.6 is 0 Å². The van der Waals surface area contributed by atoms with Gasteiger partial charge in [-0.1, -0.05) is 6.08 Å². The van der Waals surface area contributed by atoms with Gasteiger partial charge in [0.15, 0.2) is 6.04 Å². The molecule has 2 rings (SSSR count). The quantitative estimate of drug-likeness (QED) is 0.350. The molecule has 0 radical (unpaired) electrons. The SMILES string of the molecule is C=CCONC1CNC(C(=O)OC)c2occc21. The Labute approximate surface area is 105 Å². The smallest absolute Gasteiger partial charge is 0.330 e. The Morgan fingerprint density at radius 2 is 2.61 bits per heavy atom. The molecule has 0 bridgehead atoms. The summed E-state index contributed by atoms with van der Waals surface area (Å²) in [5.74, 6) is 0.199. The lowest BCUT2D eigenvalue weighted by molar-refractivity contribution is -0.144. The summed E-state index contributed by atoms with van der Waals surface area (Å²) in [5, 5.41) is 3.05. The Hall–Kier alpha value is -1.63. The molecule has 2 unspecified atom stereocenters. The predicted octanol–water partition coefficient (Wildman–Crippen LogP) is 0.845. The van der Waals surface area contributed by atoms with Gasteiger partial charge in [-0.05, 0) is 6.07 Å². The average molecular weight is 252 g/mol. The molecule has 6 nitrogen and oxygen atoms in total. The minimum absolute atomic E-state index is 0.0698. The summed E-state index contributed by atoms with van der Waals surface area (Å²) in [5.41, 5.74) is 3.79. The second kappa shape index (κ2) is 5.81. The predicted molar refractivity (Wildman–Crippen MR) is 63.5 cm³/mol. The van der Waals surface area contributed by atoms with E-state index in [-0.39, 0.29) is 12.0 Å². The molecule has 1 aliphatic heterocycles. The Kier molecular flexibility index (Phi) is 4.14. The molecule has 0 aromatic carbocycles. The van der Waals surface area contributed by atoms with E-state index < -0.39 is 6.04 Å². The fourth-order valence-electron chi connectivity index (χ4n) is 1.91. The number of fused-ring (bicyclic) bond motifs is 1. The van der Waals surface area contributed by atoms with E-state index in [4.69, 9.17) is 14.0 Å². The minimum Gasteiger partial charge on any atom is -0.468 e. The van der Waals surface area contributed by atoms with Crippen LogP contribution in [0.3, 0.4) is 0 Å². The highest BCUT2D eigenvalue weighted by atomic mass is 16.6. The summed E-state index contributed by atoms with van der Waals surface area (Å²) >= 11 is 0. The highest BCUT2D eigenvalue weighted by molar-refractivity contribution is 5.77.